The molecule has 1 aliphatic heterocycles. The summed E-state index contributed by atoms with van der Waals surface area (Å²) in [4.78, 5) is 23.5. The molecule has 1 heterocycles. The Balaban J connectivity index is 2.37. The van der Waals surface area contributed by atoms with Crippen molar-refractivity contribution in [2.45, 2.75) is 19.3 Å². The smallest absolute Gasteiger partial charge is 0.227 e. The zero-order valence-electron chi connectivity index (χ0n) is 8.69. The molecule has 0 aromatic heterocycles. The number of hydrogen-bond donors (Lipinski definition) is 0. The molecule has 3 nitrogen and oxygen atoms in total. The molecule has 0 fully saturated rings. The highest BCUT2D eigenvalue weighted by atomic mass is 16.2. The second-order valence-corrected chi connectivity index (χ2v) is 3.79. The minimum absolute atomic E-state index is 0.158. The first-order valence-electron chi connectivity index (χ1n) is 5.04. The molecule has 0 N–H and O–H groups in total. The number of carbonyl (C=O) groups excluding carboxylic acids is 2. The Morgan fingerprint density at radius 3 is 2.93 bits per heavy atom. The minimum Gasteiger partial charge on any atom is -0.315 e. The van der Waals surface area contributed by atoms with Gasteiger partial charge in [0.25, 0.3) is 0 Å². The van der Waals surface area contributed by atoms with Crippen molar-refractivity contribution in [3.63, 3.8) is 0 Å². The standard InChI is InChI=1S/C12H13NO2/c1-13-11-4-2-9(6-7-14)8-10(11)3-5-12(13)15/h2,4,7-8H,3,5-6H2,1H3. The number of benzene rings is 1. The van der Waals surface area contributed by atoms with Gasteiger partial charge < -0.3 is 9.69 Å². The van der Waals surface area contributed by atoms with Crippen molar-refractivity contribution in [2.75, 3.05) is 11.9 Å². The molecule has 3 heteroatoms. The molecule has 78 valence electrons. The van der Waals surface area contributed by atoms with Gasteiger partial charge in [-0.3, -0.25) is 4.79 Å². The van der Waals surface area contributed by atoms with Crippen molar-refractivity contribution in [1.82, 2.24) is 0 Å². The summed E-state index contributed by atoms with van der Waals surface area (Å²) in [7, 11) is 1.79. The number of amides is 1. The fourth-order valence-corrected chi connectivity index (χ4v) is 1.93. The molecule has 0 unspecified atom stereocenters. The van der Waals surface area contributed by atoms with Crippen LogP contribution in [0.15, 0.2) is 18.2 Å². The van der Waals surface area contributed by atoms with Gasteiger partial charge >= 0.3 is 0 Å². The number of hydrogen-bond acceptors (Lipinski definition) is 2. The molecule has 1 amide bonds. The van der Waals surface area contributed by atoms with E-state index in [9.17, 15) is 9.59 Å². The number of aldehydes is 1. The average Bonchev–Trinajstić information content (AvgIpc) is 2.24. The molecule has 15 heavy (non-hydrogen) atoms. The molecule has 0 saturated heterocycles. The second kappa shape index (κ2) is 3.85. The van der Waals surface area contributed by atoms with Crippen LogP contribution in [0.5, 0.6) is 0 Å². The van der Waals surface area contributed by atoms with Gasteiger partial charge in [0, 0.05) is 25.6 Å². The van der Waals surface area contributed by atoms with E-state index in [4.69, 9.17) is 0 Å². The van der Waals surface area contributed by atoms with Gasteiger partial charge in [-0.1, -0.05) is 12.1 Å². The van der Waals surface area contributed by atoms with E-state index in [1.807, 2.05) is 18.2 Å². The van der Waals surface area contributed by atoms with Crippen molar-refractivity contribution in [3.8, 4) is 0 Å². The molecule has 1 aromatic rings. The van der Waals surface area contributed by atoms with E-state index < -0.39 is 0 Å². The summed E-state index contributed by atoms with van der Waals surface area (Å²) >= 11 is 0. The third-order valence-corrected chi connectivity index (χ3v) is 2.81. The van der Waals surface area contributed by atoms with Gasteiger partial charge in [-0.2, -0.15) is 0 Å². The van der Waals surface area contributed by atoms with Crippen molar-refractivity contribution >= 4 is 17.9 Å². The Kier molecular flexibility index (Phi) is 2.54. The Labute approximate surface area is 88.7 Å². The summed E-state index contributed by atoms with van der Waals surface area (Å²) in [5.74, 6) is 0.158. The lowest BCUT2D eigenvalue weighted by Crippen LogP contribution is -2.31. The van der Waals surface area contributed by atoms with Crippen molar-refractivity contribution in [1.29, 1.82) is 0 Å². The first-order valence-corrected chi connectivity index (χ1v) is 5.04. The van der Waals surface area contributed by atoms with Crippen LogP contribution >= 0.6 is 0 Å². The molecule has 2 rings (SSSR count). The minimum atomic E-state index is 0.158. The van der Waals surface area contributed by atoms with Gasteiger partial charge in [-0.25, -0.2) is 0 Å². The lowest BCUT2D eigenvalue weighted by molar-refractivity contribution is -0.118. The Morgan fingerprint density at radius 1 is 1.40 bits per heavy atom. The molecule has 0 saturated carbocycles. The van der Waals surface area contributed by atoms with Crippen LogP contribution in [0.4, 0.5) is 5.69 Å². The molecular weight excluding hydrogens is 190 g/mol. The number of anilines is 1. The third-order valence-electron chi connectivity index (χ3n) is 2.81. The predicted molar refractivity (Wildman–Crippen MR) is 57.9 cm³/mol. The number of fused-ring (bicyclic) bond motifs is 1. The third kappa shape index (κ3) is 1.77. The molecule has 0 aliphatic carbocycles. The molecular formula is C12H13NO2. The molecule has 0 radical (unpaired) electrons. The Bertz CT molecular complexity index is 412. The quantitative estimate of drug-likeness (QED) is 0.680. The highest BCUT2D eigenvalue weighted by Crippen LogP contribution is 2.27. The fraction of sp³-hybridized carbons (Fsp3) is 0.333. The van der Waals surface area contributed by atoms with Crippen LogP contribution in [0.25, 0.3) is 0 Å². The fourth-order valence-electron chi connectivity index (χ4n) is 1.93. The Hall–Kier alpha value is -1.64. The average molecular weight is 203 g/mol. The summed E-state index contributed by atoms with van der Waals surface area (Å²) in [6, 6.07) is 5.85. The van der Waals surface area contributed by atoms with E-state index in [1.54, 1.807) is 11.9 Å². The van der Waals surface area contributed by atoms with Crippen LogP contribution in [0.1, 0.15) is 17.5 Å². The summed E-state index contributed by atoms with van der Waals surface area (Å²) < 4.78 is 0. The van der Waals surface area contributed by atoms with Crippen LogP contribution in [0.3, 0.4) is 0 Å². The maximum absolute atomic E-state index is 11.4. The highest BCUT2D eigenvalue weighted by Gasteiger charge is 2.20. The van der Waals surface area contributed by atoms with Gasteiger partial charge in [0.1, 0.15) is 6.29 Å². The zero-order chi connectivity index (χ0) is 10.8. The number of nitrogens with zero attached hydrogens (tertiary/aromatic N) is 1. The number of carbonyl (C=O) groups is 2. The lowest BCUT2D eigenvalue weighted by Gasteiger charge is -2.25. The first-order chi connectivity index (χ1) is 7.22. The number of aryl methyl sites for hydroxylation is 1. The normalized spacial score (nSPS) is 15.0. The van der Waals surface area contributed by atoms with Crippen LogP contribution in [-0.4, -0.2) is 19.2 Å². The zero-order valence-corrected chi connectivity index (χ0v) is 8.69. The van der Waals surface area contributed by atoms with Crippen molar-refractivity contribution in [3.05, 3.63) is 29.3 Å². The first kappa shape index (κ1) is 9.90. The number of rotatable bonds is 2. The molecule has 0 bridgehead atoms. The van der Waals surface area contributed by atoms with E-state index in [0.717, 1.165) is 29.5 Å². The van der Waals surface area contributed by atoms with E-state index in [-0.39, 0.29) is 5.91 Å². The summed E-state index contributed by atoms with van der Waals surface area (Å²) in [6.45, 7) is 0. The summed E-state index contributed by atoms with van der Waals surface area (Å²) in [5.41, 5.74) is 3.16. The van der Waals surface area contributed by atoms with E-state index in [0.29, 0.717) is 12.8 Å². The van der Waals surface area contributed by atoms with E-state index >= 15 is 0 Å². The van der Waals surface area contributed by atoms with Crippen LogP contribution in [0.2, 0.25) is 0 Å². The Morgan fingerprint density at radius 2 is 2.20 bits per heavy atom. The molecule has 1 aliphatic rings. The SMILES string of the molecule is CN1C(=O)CCc2cc(CC=O)ccc21. The van der Waals surface area contributed by atoms with Gasteiger partial charge in [0.15, 0.2) is 0 Å². The highest BCUT2D eigenvalue weighted by molar-refractivity contribution is 5.95. The van der Waals surface area contributed by atoms with Gasteiger partial charge in [-0.05, 0) is 23.6 Å². The van der Waals surface area contributed by atoms with Gasteiger partial charge in [-0.15, -0.1) is 0 Å². The molecule has 0 atom stereocenters. The maximum Gasteiger partial charge on any atom is 0.227 e. The maximum atomic E-state index is 11.4. The monoisotopic (exact) mass is 203 g/mol. The van der Waals surface area contributed by atoms with Crippen LogP contribution in [0, 0.1) is 0 Å². The van der Waals surface area contributed by atoms with Crippen LogP contribution in [-0.2, 0) is 22.4 Å². The summed E-state index contributed by atoms with van der Waals surface area (Å²) in [5, 5.41) is 0. The second-order valence-electron chi connectivity index (χ2n) is 3.79. The summed E-state index contributed by atoms with van der Waals surface area (Å²) in [6.07, 6.45) is 2.70. The van der Waals surface area contributed by atoms with Gasteiger partial charge in [0.2, 0.25) is 5.91 Å². The van der Waals surface area contributed by atoms with Gasteiger partial charge in [0.05, 0.1) is 0 Å². The van der Waals surface area contributed by atoms with E-state index in [1.165, 1.54) is 0 Å². The predicted octanol–water partition coefficient (Wildman–Crippen LogP) is 1.34. The van der Waals surface area contributed by atoms with Crippen molar-refractivity contribution < 1.29 is 9.59 Å². The lowest BCUT2D eigenvalue weighted by atomic mass is 9.98. The van der Waals surface area contributed by atoms with E-state index in [2.05, 4.69) is 0 Å². The largest absolute Gasteiger partial charge is 0.315 e. The molecule has 1 aromatic carbocycles. The molecule has 0 spiro atoms. The van der Waals surface area contributed by atoms with Crippen LogP contribution < -0.4 is 4.90 Å². The van der Waals surface area contributed by atoms with Crippen molar-refractivity contribution in [2.24, 2.45) is 0 Å². The topological polar surface area (TPSA) is 37.4 Å².